The summed E-state index contributed by atoms with van der Waals surface area (Å²) >= 11 is 4.80. The number of benzene rings is 4. The Balaban J connectivity index is 1.47. The predicted molar refractivity (Wildman–Crippen MR) is 165 cm³/mol. The van der Waals surface area contributed by atoms with Crippen molar-refractivity contribution in [2.45, 2.75) is 20.5 Å². The number of ether oxygens (including phenoxy) is 2. The number of likely N-dealkylation sites (N-methyl/N-ethyl adjacent to an activating group) is 1. The summed E-state index contributed by atoms with van der Waals surface area (Å²) in [4.78, 5) is 32.4. The summed E-state index contributed by atoms with van der Waals surface area (Å²) in [7, 11) is 0. The molecule has 0 spiro atoms. The van der Waals surface area contributed by atoms with Gasteiger partial charge in [-0.25, -0.2) is 9.79 Å². The molecule has 8 heteroatoms. The van der Waals surface area contributed by atoms with Gasteiger partial charge in [-0.15, -0.1) is 0 Å². The quantitative estimate of drug-likeness (QED) is 0.149. The number of halogens is 1. The van der Waals surface area contributed by atoms with Crippen molar-refractivity contribution in [3.8, 4) is 5.75 Å². The van der Waals surface area contributed by atoms with E-state index in [1.807, 2.05) is 73.7 Å². The van der Waals surface area contributed by atoms with E-state index in [9.17, 15) is 9.59 Å². The smallest absolute Gasteiger partial charge is 0.338 e. The molecule has 0 atom stereocenters. The minimum Gasteiger partial charge on any atom is -0.488 e. The molecule has 202 valence electrons. The number of nitrogens with zero attached hydrogens (tertiary/aromatic N) is 2. The summed E-state index contributed by atoms with van der Waals surface area (Å²) in [6.07, 6.45) is 1.90. The Kier molecular flexibility index (Phi) is 8.67. The van der Waals surface area contributed by atoms with E-state index in [1.54, 1.807) is 36.1 Å². The van der Waals surface area contributed by atoms with E-state index in [4.69, 9.17) is 14.5 Å². The van der Waals surface area contributed by atoms with E-state index in [0.29, 0.717) is 46.8 Å². The second-order valence-corrected chi connectivity index (χ2v) is 10.9. The van der Waals surface area contributed by atoms with Crippen molar-refractivity contribution in [3.05, 3.63) is 111 Å². The Hall–Kier alpha value is -3.88. The number of hydrogen-bond acceptors (Lipinski definition) is 6. The molecule has 1 amide bonds. The van der Waals surface area contributed by atoms with E-state index in [2.05, 4.69) is 15.9 Å². The number of amides is 1. The van der Waals surface area contributed by atoms with E-state index in [0.717, 1.165) is 26.4 Å². The number of aliphatic imine (C=N–C) groups is 1. The third kappa shape index (κ3) is 6.13. The van der Waals surface area contributed by atoms with Gasteiger partial charge in [-0.3, -0.25) is 9.69 Å². The molecule has 1 saturated heterocycles. The topological polar surface area (TPSA) is 68.2 Å². The number of carbonyl (C=O) groups excluding carboxylic acids is 2. The van der Waals surface area contributed by atoms with Crippen LogP contribution in [-0.2, 0) is 16.1 Å². The normalized spacial score (nSPS) is 15.3. The van der Waals surface area contributed by atoms with Crippen LogP contribution in [0.3, 0.4) is 0 Å². The zero-order valence-electron chi connectivity index (χ0n) is 22.1. The molecule has 4 aromatic rings. The van der Waals surface area contributed by atoms with Crippen LogP contribution in [0.5, 0.6) is 5.75 Å². The van der Waals surface area contributed by atoms with Gasteiger partial charge in [0, 0.05) is 16.6 Å². The fraction of sp³-hybridized carbons (Fsp3) is 0.156. The van der Waals surface area contributed by atoms with Gasteiger partial charge in [0.15, 0.2) is 5.17 Å². The van der Waals surface area contributed by atoms with E-state index in [-0.39, 0.29) is 11.9 Å². The van der Waals surface area contributed by atoms with E-state index < -0.39 is 0 Å². The van der Waals surface area contributed by atoms with Gasteiger partial charge in [-0.1, -0.05) is 58.4 Å². The molecule has 1 aliphatic rings. The third-order valence-electron chi connectivity index (χ3n) is 6.32. The molecule has 0 unspecified atom stereocenters. The molecule has 4 aromatic carbocycles. The van der Waals surface area contributed by atoms with Crippen LogP contribution in [0.25, 0.3) is 16.8 Å². The van der Waals surface area contributed by atoms with Gasteiger partial charge in [-0.2, -0.15) is 0 Å². The van der Waals surface area contributed by atoms with Crippen molar-refractivity contribution in [1.82, 2.24) is 4.90 Å². The van der Waals surface area contributed by atoms with Crippen LogP contribution in [0.4, 0.5) is 5.69 Å². The molecule has 0 aliphatic carbocycles. The van der Waals surface area contributed by atoms with Gasteiger partial charge < -0.3 is 9.47 Å². The molecule has 0 bridgehead atoms. The summed E-state index contributed by atoms with van der Waals surface area (Å²) in [6, 6.07) is 26.9. The summed E-state index contributed by atoms with van der Waals surface area (Å²) in [5.74, 6) is 0.215. The average Bonchev–Trinajstić information content (AvgIpc) is 3.27. The summed E-state index contributed by atoms with van der Waals surface area (Å²) in [6.45, 7) is 4.89. The Morgan fingerprint density at radius 3 is 2.45 bits per heavy atom. The fourth-order valence-corrected chi connectivity index (χ4v) is 5.60. The van der Waals surface area contributed by atoms with Crippen LogP contribution in [0.15, 0.2) is 99.3 Å². The first-order chi connectivity index (χ1) is 19.5. The van der Waals surface area contributed by atoms with Crippen LogP contribution in [0.2, 0.25) is 0 Å². The predicted octanol–water partition coefficient (Wildman–Crippen LogP) is 7.98. The summed E-state index contributed by atoms with van der Waals surface area (Å²) in [5, 5.41) is 2.64. The molecular formula is C32H27BrN2O4S. The minimum atomic E-state index is -0.374. The van der Waals surface area contributed by atoms with Crippen LogP contribution >= 0.6 is 27.7 Å². The average molecular weight is 616 g/mol. The maximum Gasteiger partial charge on any atom is 0.338 e. The number of carbonyl (C=O) groups is 2. The zero-order chi connectivity index (χ0) is 28.1. The third-order valence-corrected chi connectivity index (χ3v) is 7.86. The second kappa shape index (κ2) is 12.5. The lowest BCUT2D eigenvalue weighted by atomic mass is 10.0. The first kappa shape index (κ1) is 27.7. The van der Waals surface area contributed by atoms with Crippen molar-refractivity contribution in [2.24, 2.45) is 4.99 Å². The number of amidine groups is 1. The van der Waals surface area contributed by atoms with E-state index >= 15 is 0 Å². The zero-order valence-corrected chi connectivity index (χ0v) is 24.5. The molecule has 40 heavy (non-hydrogen) atoms. The number of fused-ring (bicyclic) bond motifs is 1. The van der Waals surface area contributed by atoms with Crippen LogP contribution in [0, 0.1) is 0 Å². The molecule has 1 fully saturated rings. The largest absolute Gasteiger partial charge is 0.488 e. The van der Waals surface area contributed by atoms with Gasteiger partial charge in [0.2, 0.25) is 0 Å². The Morgan fingerprint density at radius 1 is 0.975 bits per heavy atom. The molecule has 1 heterocycles. The lowest BCUT2D eigenvalue weighted by molar-refractivity contribution is -0.122. The molecule has 0 aromatic heterocycles. The van der Waals surface area contributed by atoms with Crippen molar-refractivity contribution >= 4 is 67.3 Å². The van der Waals surface area contributed by atoms with Crippen LogP contribution < -0.4 is 4.74 Å². The molecule has 0 saturated carbocycles. The molecule has 0 radical (unpaired) electrons. The highest BCUT2D eigenvalue weighted by Gasteiger charge is 2.32. The monoisotopic (exact) mass is 614 g/mol. The molecule has 0 N–H and O–H groups in total. The van der Waals surface area contributed by atoms with Gasteiger partial charge in [0.05, 0.1) is 22.8 Å². The number of rotatable bonds is 8. The second-order valence-electron chi connectivity index (χ2n) is 8.94. The summed E-state index contributed by atoms with van der Waals surface area (Å²) < 4.78 is 12.3. The van der Waals surface area contributed by atoms with E-state index in [1.165, 1.54) is 11.8 Å². The Labute approximate surface area is 245 Å². The first-order valence-electron chi connectivity index (χ1n) is 12.9. The molecule has 6 nitrogen and oxygen atoms in total. The number of thioether (sulfide) groups is 1. The maximum atomic E-state index is 13.5. The Bertz CT molecular complexity index is 1610. The van der Waals surface area contributed by atoms with Crippen LogP contribution in [0.1, 0.15) is 35.3 Å². The highest BCUT2D eigenvalue weighted by Crippen LogP contribution is 2.38. The highest BCUT2D eigenvalue weighted by atomic mass is 79.9. The van der Waals surface area contributed by atoms with Gasteiger partial charge in [0.25, 0.3) is 5.91 Å². The van der Waals surface area contributed by atoms with Crippen molar-refractivity contribution in [2.75, 3.05) is 13.2 Å². The molecule has 5 rings (SSSR count). The minimum absolute atomic E-state index is 0.110. The van der Waals surface area contributed by atoms with Crippen LogP contribution in [-0.4, -0.2) is 35.1 Å². The lowest BCUT2D eigenvalue weighted by Crippen LogP contribution is -2.28. The molecular weight excluding hydrogens is 588 g/mol. The number of hydrogen-bond donors (Lipinski definition) is 0. The van der Waals surface area contributed by atoms with Crippen molar-refractivity contribution in [1.29, 1.82) is 0 Å². The first-order valence-corrected chi connectivity index (χ1v) is 14.5. The standard InChI is InChI=1S/C32H27BrN2O4S/c1-3-35-30(36)29(40-32(35)34-25-16-11-23(12-17-25)31(37)38-4-2)19-27-26-8-6-5-7-22(26)13-18-28(27)39-20-21-9-14-24(33)15-10-21/h5-19H,3-4,20H2,1-2H3. The van der Waals surface area contributed by atoms with Crippen molar-refractivity contribution in [3.63, 3.8) is 0 Å². The summed E-state index contributed by atoms with van der Waals surface area (Å²) in [5.41, 5.74) is 3.00. The fourth-order valence-electron chi connectivity index (χ4n) is 4.29. The molecule has 1 aliphatic heterocycles. The van der Waals surface area contributed by atoms with Gasteiger partial charge in [0.1, 0.15) is 12.4 Å². The van der Waals surface area contributed by atoms with Gasteiger partial charge >= 0.3 is 5.97 Å². The Morgan fingerprint density at radius 2 is 1.73 bits per heavy atom. The highest BCUT2D eigenvalue weighted by molar-refractivity contribution is 9.10. The maximum absolute atomic E-state index is 13.5. The SMILES string of the molecule is CCOC(=O)c1ccc(N=C2SC(=Cc3c(OCc4ccc(Br)cc4)ccc4ccccc34)C(=O)N2CC)cc1. The number of esters is 1. The van der Waals surface area contributed by atoms with Crippen molar-refractivity contribution < 1.29 is 19.1 Å². The van der Waals surface area contributed by atoms with Gasteiger partial charge in [-0.05, 0) is 90.5 Å². The lowest BCUT2D eigenvalue weighted by Gasteiger charge is -2.13.